The van der Waals surface area contributed by atoms with Gasteiger partial charge in [-0.3, -0.25) is 9.59 Å². The van der Waals surface area contributed by atoms with E-state index in [1.54, 1.807) is 38.1 Å². The van der Waals surface area contributed by atoms with E-state index in [0.717, 1.165) is 26.3 Å². The normalized spacial score (nSPS) is 12.2. The lowest BCUT2D eigenvalue weighted by Gasteiger charge is -2.32. The molecule has 0 aliphatic carbocycles. The molecule has 186 valence electrons. The van der Waals surface area contributed by atoms with Gasteiger partial charge in [0.25, 0.3) is 0 Å². The van der Waals surface area contributed by atoms with Crippen molar-refractivity contribution in [3.8, 4) is 5.75 Å². The van der Waals surface area contributed by atoms with Crippen molar-refractivity contribution in [3.05, 3.63) is 59.9 Å². The Labute approximate surface area is 200 Å². The number of ether oxygens (including phenoxy) is 1. The molecular formula is C23H31FN4O5S. The van der Waals surface area contributed by atoms with E-state index in [2.05, 4.69) is 5.32 Å². The Morgan fingerprint density at radius 2 is 1.65 bits per heavy atom. The zero-order chi connectivity index (χ0) is 25.5. The summed E-state index contributed by atoms with van der Waals surface area (Å²) in [5.74, 6) is -0.862. The maximum Gasteiger partial charge on any atom is 0.304 e. The number of halogens is 1. The van der Waals surface area contributed by atoms with Crippen LogP contribution in [-0.4, -0.2) is 69.8 Å². The van der Waals surface area contributed by atoms with E-state index in [-0.39, 0.29) is 18.1 Å². The minimum Gasteiger partial charge on any atom is -0.497 e. The molecular weight excluding hydrogens is 463 g/mol. The van der Waals surface area contributed by atoms with Gasteiger partial charge in [-0.2, -0.15) is 12.7 Å². The number of rotatable bonds is 11. The number of carbonyl (C=O) groups excluding carboxylic acids is 2. The van der Waals surface area contributed by atoms with Gasteiger partial charge in [0.2, 0.25) is 11.8 Å². The Morgan fingerprint density at radius 1 is 1.06 bits per heavy atom. The van der Waals surface area contributed by atoms with E-state index in [9.17, 15) is 22.4 Å². The fourth-order valence-electron chi connectivity index (χ4n) is 3.16. The smallest absolute Gasteiger partial charge is 0.304 e. The third-order valence-corrected chi connectivity index (χ3v) is 6.98. The highest BCUT2D eigenvalue weighted by Crippen LogP contribution is 2.21. The van der Waals surface area contributed by atoms with Crippen LogP contribution in [0.25, 0.3) is 0 Å². The fraction of sp³-hybridized carbons (Fsp3) is 0.391. The first-order valence-corrected chi connectivity index (χ1v) is 12.1. The van der Waals surface area contributed by atoms with Crippen molar-refractivity contribution in [1.82, 2.24) is 14.5 Å². The van der Waals surface area contributed by atoms with Gasteiger partial charge < -0.3 is 15.0 Å². The summed E-state index contributed by atoms with van der Waals surface area (Å²) in [5, 5.41) is 2.69. The molecule has 0 spiro atoms. The number of nitrogens with one attached hydrogen (secondary N) is 1. The van der Waals surface area contributed by atoms with Crippen molar-refractivity contribution in [2.75, 3.05) is 38.6 Å². The molecule has 0 heterocycles. The van der Waals surface area contributed by atoms with Crippen LogP contribution in [0, 0.1) is 5.82 Å². The van der Waals surface area contributed by atoms with Crippen LogP contribution in [-0.2, 0) is 26.3 Å². The van der Waals surface area contributed by atoms with Crippen LogP contribution in [0.2, 0.25) is 0 Å². The summed E-state index contributed by atoms with van der Waals surface area (Å²) >= 11 is 0. The Morgan fingerprint density at radius 3 is 2.15 bits per heavy atom. The first kappa shape index (κ1) is 27.1. The van der Waals surface area contributed by atoms with Crippen molar-refractivity contribution in [2.24, 2.45) is 0 Å². The SMILES string of the molecule is CCNC(=O)[C@@H](C)N(Cc1ccc(OC)cc1)C(=O)CN(c1ccc(F)cc1)S(=O)(=O)N(C)C. The maximum absolute atomic E-state index is 13.5. The molecule has 2 rings (SSSR count). The zero-order valence-electron chi connectivity index (χ0n) is 20.0. The highest BCUT2D eigenvalue weighted by Gasteiger charge is 2.32. The minimum atomic E-state index is -4.09. The summed E-state index contributed by atoms with van der Waals surface area (Å²) < 4.78 is 46.5. The molecule has 2 aromatic carbocycles. The van der Waals surface area contributed by atoms with Crippen LogP contribution in [0.1, 0.15) is 19.4 Å². The molecule has 0 saturated carbocycles. The highest BCUT2D eigenvalue weighted by molar-refractivity contribution is 7.90. The minimum absolute atomic E-state index is 0.0698. The van der Waals surface area contributed by atoms with Gasteiger partial charge in [-0.25, -0.2) is 8.70 Å². The second-order valence-corrected chi connectivity index (χ2v) is 9.78. The average Bonchev–Trinajstić information content (AvgIpc) is 2.81. The number of benzene rings is 2. The van der Waals surface area contributed by atoms with Gasteiger partial charge in [0, 0.05) is 27.2 Å². The molecule has 0 unspecified atom stereocenters. The lowest BCUT2D eigenvalue weighted by Crippen LogP contribution is -2.52. The van der Waals surface area contributed by atoms with E-state index < -0.39 is 34.5 Å². The van der Waals surface area contributed by atoms with E-state index in [4.69, 9.17) is 4.74 Å². The van der Waals surface area contributed by atoms with Gasteiger partial charge in [-0.05, 0) is 55.8 Å². The maximum atomic E-state index is 13.5. The molecule has 0 bridgehead atoms. The van der Waals surface area contributed by atoms with Gasteiger partial charge in [-0.15, -0.1) is 0 Å². The van der Waals surface area contributed by atoms with Crippen molar-refractivity contribution >= 4 is 27.7 Å². The summed E-state index contributed by atoms with van der Waals surface area (Å²) in [6.07, 6.45) is 0. The molecule has 9 nitrogen and oxygen atoms in total. The second kappa shape index (κ2) is 11.8. The van der Waals surface area contributed by atoms with Crippen molar-refractivity contribution in [2.45, 2.75) is 26.4 Å². The van der Waals surface area contributed by atoms with Crippen LogP contribution in [0.5, 0.6) is 5.75 Å². The van der Waals surface area contributed by atoms with Gasteiger partial charge in [0.15, 0.2) is 0 Å². The van der Waals surface area contributed by atoms with Crippen molar-refractivity contribution in [1.29, 1.82) is 0 Å². The van der Waals surface area contributed by atoms with E-state index in [1.807, 2.05) is 0 Å². The quantitative estimate of drug-likeness (QED) is 0.515. The van der Waals surface area contributed by atoms with Crippen LogP contribution in [0.15, 0.2) is 48.5 Å². The Balaban J connectivity index is 2.42. The monoisotopic (exact) mass is 494 g/mol. The summed E-state index contributed by atoms with van der Waals surface area (Å²) in [5.41, 5.74) is 0.854. The standard InChI is InChI=1S/C23H31FN4O5S/c1-6-25-23(30)17(2)27(15-18-7-13-21(33-5)14-8-18)22(29)16-28(34(31,32)26(3)4)20-11-9-19(24)10-12-20/h7-14,17H,6,15-16H2,1-5H3,(H,25,30)/t17-/m1/s1. The Bertz CT molecular complexity index is 1080. The number of carbonyl (C=O) groups is 2. The van der Waals surface area contributed by atoms with Gasteiger partial charge in [-0.1, -0.05) is 12.1 Å². The number of hydrogen-bond donors (Lipinski definition) is 1. The summed E-state index contributed by atoms with van der Waals surface area (Å²) in [4.78, 5) is 27.3. The van der Waals surface area contributed by atoms with Gasteiger partial charge in [0.05, 0.1) is 12.8 Å². The predicted octanol–water partition coefficient (Wildman–Crippen LogP) is 2.00. The fourth-order valence-corrected chi connectivity index (χ4v) is 4.21. The molecule has 2 aromatic rings. The average molecular weight is 495 g/mol. The lowest BCUT2D eigenvalue weighted by molar-refractivity contribution is -0.139. The molecule has 0 radical (unpaired) electrons. The molecule has 1 atom stereocenters. The first-order chi connectivity index (χ1) is 16.0. The Hall–Kier alpha value is -3.18. The molecule has 2 amide bonds. The third kappa shape index (κ3) is 6.67. The van der Waals surface area contributed by atoms with Crippen LogP contribution in [0.3, 0.4) is 0 Å². The van der Waals surface area contributed by atoms with E-state index in [0.29, 0.717) is 12.3 Å². The van der Waals surface area contributed by atoms with E-state index in [1.165, 1.54) is 38.2 Å². The molecule has 1 N–H and O–H groups in total. The molecule has 0 aliphatic heterocycles. The zero-order valence-corrected chi connectivity index (χ0v) is 20.8. The second-order valence-electron chi connectivity index (χ2n) is 7.71. The summed E-state index contributed by atoms with van der Waals surface area (Å²) in [7, 11) is 0.119. The van der Waals surface area contributed by atoms with Crippen LogP contribution >= 0.6 is 0 Å². The largest absolute Gasteiger partial charge is 0.497 e. The van der Waals surface area contributed by atoms with Gasteiger partial charge >= 0.3 is 10.2 Å². The topological polar surface area (TPSA) is 99.3 Å². The molecule has 0 fully saturated rings. The first-order valence-electron chi connectivity index (χ1n) is 10.7. The summed E-state index contributed by atoms with van der Waals surface area (Å²) in [6.45, 7) is 3.21. The Kier molecular flexibility index (Phi) is 9.39. The highest BCUT2D eigenvalue weighted by atomic mass is 32.2. The summed E-state index contributed by atoms with van der Waals surface area (Å²) in [6, 6.07) is 10.9. The number of hydrogen-bond acceptors (Lipinski definition) is 5. The molecule has 0 aliphatic rings. The third-order valence-electron chi connectivity index (χ3n) is 5.16. The number of amides is 2. The van der Waals surface area contributed by atoms with Crippen LogP contribution < -0.4 is 14.4 Å². The predicted molar refractivity (Wildman–Crippen MR) is 128 cm³/mol. The van der Waals surface area contributed by atoms with Crippen molar-refractivity contribution in [3.63, 3.8) is 0 Å². The lowest BCUT2D eigenvalue weighted by atomic mass is 10.1. The van der Waals surface area contributed by atoms with Crippen LogP contribution in [0.4, 0.5) is 10.1 Å². The molecule has 0 aromatic heterocycles. The molecule has 11 heteroatoms. The number of nitrogens with zero attached hydrogens (tertiary/aromatic N) is 3. The molecule has 34 heavy (non-hydrogen) atoms. The van der Waals surface area contributed by atoms with Gasteiger partial charge in [0.1, 0.15) is 24.2 Å². The number of methoxy groups -OCH3 is 1. The number of anilines is 1. The molecule has 0 saturated heterocycles. The van der Waals surface area contributed by atoms with E-state index >= 15 is 0 Å². The number of likely N-dealkylation sites (N-methyl/N-ethyl adjacent to an activating group) is 1. The van der Waals surface area contributed by atoms with Crippen molar-refractivity contribution < 1.29 is 27.1 Å².